The Hall–Kier alpha value is -4.11. The van der Waals surface area contributed by atoms with E-state index in [0.29, 0.717) is 28.3 Å². The second-order valence-electron chi connectivity index (χ2n) is 7.17. The fourth-order valence-corrected chi connectivity index (χ4v) is 4.16. The number of nitrogens with one attached hydrogen (secondary N) is 1. The molecule has 2 heterocycles. The van der Waals surface area contributed by atoms with Gasteiger partial charge in [0.15, 0.2) is 0 Å². The highest BCUT2D eigenvalue weighted by molar-refractivity contribution is 8.18. The summed E-state index contributed by atoms with van der Waals surface area (Å²) in [6, 6.07) is 16.9. The monoisotopic (exact) mass is 462 g/mol. The summed E-state index contributed by atoms with van der Waals surface area (Å²) >= 11 is 0.720. The van der Waals surface area contributed by atoms with Gasteiger partial charge in [-0.15, -0.1) is 0 Å². The number of imide groups is 1. The van der Waals surface area contributed by atoms with Crippen LogP contribution < -0.4 is 5.32 Å². The van der Waals surface area contributed by atoms with E-state index in [9.17, 15) is 24.3 Å². The maximum Gasteiger partial charge on any atom is 0.335 e. The molecule has 1 fully saturated rings. The van der Waals surface area contributed by atoms with E-state index in [2.05, 4.69) is 5.32 Å². The summed E-state index contributed by atoms with van der Waals surface area (Å²) in [6.07, 6.45) is 1.43. The average Bonchev–Trinajstić information content (AvgIpc) is 3.34. The van der Waals surface area contributed by atoms with Crippen LogP contribution in [0.5, 0.6) is 0 Å². The highest BCUT2D eigenvalue weighted by Gasteiger charge is 2.36. The molecule has 1 aliphatic heterocycles. The zero-order valence-electron chi connectivity index (χ0n) is 17.4. The maximum absolute atomic E-state index is 12.7. The van der Waals surface area contributed by atoms with E-state index in [-0.39, 0.29) is 10.5 Å². The molecule has 8 nitrogen and oxygen atoms in total. The topological polar surface area (TPSA) is 117 Å². The molecular formula is C24H18N2O6S. The first kappa shape index (κ1) is 22.1. The Morgan fingerprint density at radius 3 is 2.55 bits per heavy atom. The van der Waals surface area contributed by atoms with Crippen molar-refractivity contribution < 1.29 is 28.7 Å². The highest BCUT2D eigenvalue weighted by atomic mass is 32.2. The van der Waals surface area contributed by atoms with Crippen LogP contribution in [0.15, 0.2) is 70.0 Å². The zero-order valence-corrected chi connectivity index (χ0v) is 18.2. The summed E-state index contributed by atoms with van der Waals surface area (Å²) < 4.78 is 5.78. The van der Waals surface area contributed by atoms with Crippen LogP contribution in [0.2, 0.25) is 0 Å². The van der Waals surface area contributed by atoms with Crippen LogP contribution >= 0.6 is 11.8 Å². The van der Waals surface area contributed by atoms with Gasteiger partial charge in [-0.05, 0) is 54.6 Å². The predicted octanol–water partition coefficient (Wildman–Crippen LogP) is 4.63. The highest BCUT2D eigenvalue weighted by Crippen LogP contribution is 2.34. The summed E-state index contributed by atoms with van der Waals surface area (Å²) in [6.45, 7) is 1.29. The van der Waals surface area contributed by atoms with Gasteiger partial charge >= 0.3 is 5.97 Å². The molecule has 0 spiro atoms. The fraction of sp³-hybridized carbons (Fsp3) is 0.0833. The van der Waals surface area contributed by atoms with Crippen molar-refractivity contribution in [1.82, 2.24) is 4.90 Å². The first-order valence-corrected chi connectivity index (χ1v) is 10.7. The molecule has 0 radical (unpaired) electrons. The van der Waals surface area contributed by atoms with Gasteiger partial charge in [0.05, 0.1) is 10.5 Å². The second kappa shape index (κ2) is 9.17. The SMILES string of the molecule is Cc1c(C(=O)O)cccc1-c1ccc(/C=C2\SC(=O)N(CC(=O)Nc3ccccc3)C2=O)o1. The van der Waals surface area contributed by atoms with E-state index < -0.39 is 29.6 Å². The number of amides is 3. The van der Waals surface area contributed by atoms with Crippen LogP contribution in [0.25, 0.3) is 17.4 Å². The summed E-state index contributed by atoms with van der Waals surface area (Å²) in [7, 11) is 0. The Balaban J connectivity index is 1.49. The molecule has 0 saturated carbocycles. The number of thioether (sulfide) groups is 1. The molecule has 166 valence electrons. The molecule has 1 aliphatic rings. The van der Waals surface area contributed by atoms with Crippen molar-refractivity contribution in [1.29, 1.82) is 0 Å². The molecule has 2 N–H and O–H groups in total. The van der Waals surface area contributed by atoms with Crippen LogP contribution in [0, 0.1) is 6.92 Å². The Morgan fingerprint density at radius 2 is 1.82 bits per heavy atom. The average molecular weight is 462 g/mol. The second-order valence-corrected chi connectivity index (χ2v) is 8.16. The minimum absolute atomic E-state index is 0.129. The number of carboxylic acids is 1. The van der Waals surface area contributed by atoms with Crippen LogP contribution in [-0.4, -0.2) is 39.6 Å². The number of carbonyl (C=O) groups excluding carboxylic acids is 3. The summed E-state index contributed by atoms with van der Waals surface area (Å²) in [5.41, 5.74) is 1.90. The van der Waals surface area contributed by atoms with Gasteiger partial charge in [-0.1, -0.05) is 30.3 Å². The van der Waals surface area contributed by atoms with Crippen molar-refractivity contribution in [3.05, 3.63) is 82.5 Å². The molecule has 3 amide bonds. The van der Waals surface area contributed by atoms with Gasteiger partial charge in [0.1, 0.15) is 18.1 Å². The number of rotatable bonds is 6. The van der Waals surface area contributed by atoms with Gasteiger partial charge in [0.25, 0.3) is 11.1 Å². The van der Waals surface area contributed by atoms with Crippen molar-refractivity contribution in [3.63, 3.8) is 0 Å². The molecule has 0 atom stereocenters. The number of aromatic carboxylic acids is 1. The molecule has 2 aromatic carbocycles. The lowest BCUT2D eigenvalue weighted by atomic mass is 10.0. The van der Waals surface area contributed by atoms with Gasteiger partial charge < -0.3 is 14.8 Å². The fourth-order valence-electron chi connectivity index (χ4n) is 3.34. The molecule has 4 rings (SSSR count). The summed E-state index contributed by atoms with van der Waals surface area (Å²) in [5.74, 6) is -1.35. The Morgan fingerprint density at radius 1 is 1.06 bits per heavy atom. The van der Waals surface area contributed by atoms with Gasteiger partial charge in [-0.25, -0.2) is 4.79 Å². The minimum atomic E-state index is -1.04. The van der Waals surface area contributed by atoms with E-state index in [1.807, 2.05) is 0 Å². The third-order valence-electron chi connectivity index (χ3n) is 4.96. The number of carboxylic acid groups (broad SMARTS) is 1. The molecule has 1 aromatic heterocycles. The molecule has 9 heteroatoms. The van der Waals surface area contributed by atoms with E-state index in [1.54, 1.807) is 61.5 Å². The Labute approximate surface area is 192 Å². The quantitative estimate of drug-likeness (QED) is 0.513. The third-order valence-corrected chi connectivity index (χ3v) is 5.87. The standard InChI is InChI=1S/C24H18N2O6S/c1-14-17(8-5-9-18(14)23(29)30)19-11-10-16(32-19)12-20-22(28)26(24(31)33-20)13-21(27)25-15-6-3-2-4-7-15/h2-12H,13H2,1H3,(H,25,27)(H,29,30)/b20-12-. The van der Waals surface area contributed by atoms with Crippen LogP contribution in [0.3, 0.4) is 0 Å². The van der Waals surface area contributed by atoms with Crippen molar-refractivity contribution >= 4 is 46.5 Å². The molecular weight excluding hydrogens is 444 g/mol. The van der Waals surface area contributed by atoms with Crippen molar-refractivity contribution in [3.8, 4) is 11.3 Å². The smallest absolute Gasteiger partial charge is 0.335 e. The van der Waals surface area contributed by atoms with Crippen molar-refractivity contribution in [2.24, 2.45) is 0 Å². The van der Waals surface area contributed by atoms with Crippen LogP contribution in [-0.2, 0) is 9.59 Å². The van der Waals surface area contributed by atoms with Crippen molar-refractivity contribution in [2.75, 3.05) is 11.9 Å². The molecule has 33 heavy (non-hydrogen) atoms. The van der Waals surface area contributed by atoms with E-state index in [1.165, 1.54) is 12.1 Å². The minimum Gasteiger partial charge on any atom is -0.478 e. The van der Waals surface area contributed by atoms with E-state index in [4.69, 9.17) is 4.42 Å². The first-order chi connectivity index (χ1) is 15.8. The number of nitrogens with zero attached hydrogens (tertiary/aromatic N) is 1. The number of furan rings is 1. The number of hydrogen-bond acceptors (Lipinski definition) is 6. The molecule has 0 aliphatic carbocycles. The first-order valence-electron chi connectivity index (χ1n) is 9.87. The van der Waals surface area contributed by atoms with Gasteiger partial charge in [0.2, 0.25) is 5.91 Å². The predicted molar refractivity (Wildman–Crippen MR) is 124 cm³/mol. The zero-order chi connectivity index (χ0) is 23.5. The summed E-state index contributed by atoms with van der Waals surface area (Å²) in [5, 5.41) is 11.4. The lowest BCUT2D eigenvalue weighted by Gasteiger charge is -2.12. The molecule has 0 bridgehead atoms. The van der Waals surface area contributed by atoms with Crippen LogP contribution in [0.1, 0.15) is 21.7 Å². The van der Waals surface area contributed by atoms with E-state index >= 15 is 0 Å². The number of benzene rings is 2. The molecule has 0 unspecified atom stereocenters. The molecule has 3 aromatic rings. The summed E-state index contributed by atoms with van der Waals surface area (Å²) in [4.78, 5) is 49.6. The van der Waals surface area contributed by atoms with Gasteiger partial charge in [0, 0.05) is 17.3 Å². The maximum atomic E-state index is 12.7. The largest absolute Gasteiger partial charge is 0.478 e. The third kappa shape index (κ3) is 4.73. The van der Waals surface area contributed by atoms with Gasteiger partial charge in [-0.2, -0.15) is 0 Å². The molecule has 1 saturated heterocycles. The van der Waals surface area contributed by atoms with Crippen LogP contribution in [0.4, 0.5) is 10.5 Å². The van der Waals surface area contributed by atoms with Gasteiger partial charge in [-0.3, -0.25) is 19.3 Å². The van der Waals surface area contributed by atoms with Crippen molar-refractivity contribution in [2.45, 2.75) is 6.92 Å². The lowest BCUT2D eigenvalue weighted by molar-refractivity contribution is -0.127. The number of anilines is 1. The number of para-hydroxylation sites is 1. The Kier molecular flexibility index (Phi) is 6.14. The number of hydrogen-bond donors (Lipinski definition) is 2. The lowest BCUT2D eigenvalue weighted by Crippen LogP contribution is -2.36. The number of carbonyl (C=O) groups is 4. The normalized spacial score (nSPS) is 14.7. The Bertz CT molecular complexity index is 1300. The van der Waals surface area contributed by atoms with E-state index in [0.717, 1.165) is 16.7 Å².